The SMILES string of the molecule is CCCCCCCCCC(C)C.CCCCCCc1ccccc1. The zero-order valence-corrected chi connectivity index (χ0v) is 17.2. The van der Waals surface area contributed by atoms with Gasteiger partial charge in [-0.2, -0.15) is 0 Å². The van der Waals surface area contributed by atoms with Crippen molar-refractivity contribution in [1.82, 2.24) is 0 Å². The molecule has 0 aliphatic heterocycles. The number of benzene rings is 1. The third-order valence-electron chi connectivity index (χ3n) is 4.55. The van der Waals surface area contributed by atoms with Gasteiger partial charge in [-0.05, 0) is 24.3 Å². The molecule has 0 radical (unpaired) electrons. The van der Waals surface area contributed by atoms with E-state index in [4.69, 9.17) is 0 Å². The normalized spacial score (nSPS) is 10.5. The molecule has 1 aromatic rings. The zero-order valence-electron chi connectivity index (χ0n) is 17.2. The standard InChI is InChI=1S/C12H18.C12H26/c1-2-3-4-6-9-12-10-7-5-8-11-12;1-4-5-6-7-8-9-10-11-12(2)3/h5,7-8,10-11H,2-4,6,9H2,1H3;12H,4-11H2,1-3H3. The third kappa shape index (κ3) is 17.6. The highest BCUT2D eigenvalue weighted by molar-refractivity contribution is 5.14. The van der Waals surface area contributed by atoms with Crippen LogP contribution >= 0.6 is 0 Å². The van der Waals surface area contributed by atoms with Gasteiger partial charge in [0.15, 0.2) is 0 Å². The van der Waals surface area contributed by atoms with E-state index in [1.807, 2.05) is 0 Å². The quantitative estimate of drug-likeness (QED) is 0.317. The van der Waals surface area contributed by atoms with Crippen molar-refractivity contribution in [3.05, 3.63) is 35.9 Å². The number of aryl methyl sites for hydroxylation is 1. The Morgan fingerprint density at radius 1 is 0.625 bits per heavy atom. The predicted molar refractivity (Wildman–Crippen MR) is 112 cm³/mol. The summed E-state index contributed by atoms with van der Waals surface area (Å²) in [6.45, 7) is 9.16. The Morgan fingerprint density at radius 3 is 1.67 bits per heavy atom. The molecule has 0 N–H and O–H groups in total. The van der Waals surface area contributed by atoms with Crippen LogP contribution in [0.5, 0.6) is 0 Å². The summed E-state index contributed by atoms with van der Waals surface area (Å²) < 4.78 is 0. The summed E-state index contributed by atoms with van der Waals surface area (Å²) >= 11 is 0. The highest BCUT2D eigenvalue weighted by Crippen LogP contribution is 2.11. The fraction of sp³-hybridized carbons (Fsp3) is 0.750. The molecule has 0 aromatic heterocycles. The second kappa shape index (κ2) is 18.6. The maximum absolute atomic E-state index is 2.32. The van der Waals surface area contributed by atoms with Gasteiger partial charge in [0, 0.05) is 0 Å². The number of unbranched alkanes of at least 4 members (excludes halogenated alkanes) is 9. The molecule has 0 atom stereocenters. The molecular weight excluding hydrogens is 288 g/mol. The lowest BCUT2D eigenvalue weighted by Gasteiger charge is -2.03. The Balaban J connectivity index is 0.000000441. The van der Waals surface area contributed by atoms with Gasteiger partial charge >= 0.3 is 0 Å². The molecule has 0 heteroatoms. The molecule has 0 aliphatic rings. The Bertz CT molecular complexity index is 325. The molecule has 1 aromatic carbocycles. The predicted octanol–water partition coefficient (Wildman–Crippen LogP) is 8.59. The van der Waals surface area contributed by atoms with Crippen LogP contribution in [-0.4, -0.2) is 0 Å². The van der Waals surface area contributed by atoms with Crippen molar-refractivity contribution in [3.63, 3.8) is 0 Å². The van der Waals surface area contributed by atoms with Gasteiger partial charge in [-0.1, -0.05) is 129 Å². The van der Waals surface area contributed by atoms with Gasteiger partial charge in [-0.3, -0.25) is 0 Å². The largest absolute Gasteiger partial charge is 0.0654 e. The van der Waals surface area contributed by atoms with E-state index in [1.165, 1.54) is 89.0 Å². The van der Waals surface area contributed by atoms with Crippen LogP contribution in [0.3, 0.4) is 0 Å². The number of hydrogen-bond acceptors (Lipinski definition) is 0. The van der Waals surface area contributed by atoms with Gasteiger partial charge in [0.1, 0.15) is 0 Å². The van der Waals surface area contributed by atoms with Crippen LogP contribution in [0.1, 0.15) is 110 Å². The summed E-state index contributed by atoms with van der Waals surface area (Å²) in [5, 5.41) is 0. The first-order valence-corrected chi connectivity index (χ1v) is 10.7. The number of rotatable bonds is 13. The molecule has 0 fully saturated rings. The van der Waals surface area contributed by atoms with Crippen LogP contribution < -0.4 is 0 Å². The summed E-state index contributed by atoms with van der Waals surface area (Å²) in [5.41, 5.74) is 1.48. The molecule has 0 unspecified atom stereocenters. The van der Waals surface area contributed by atoms with E-state index in [0.717, 1.165) is 5.92 Å². The summed E-state index contributed by atoms with van der Waals surface area (Å²) in [4.78, 5) is 0. The molecule has 1 rings (SSSR count). The Morgan fingerprint density at radius 2 is 1.12 bits per heavy atom. The summed E-state index contributed by atoms with van der Waals surface area (Å²) in [5.74, 6) is 0.903. The van der Waals surface area contributed by atoms with Crippen LogP contribution in [0.15, 0.2) is 30.3 Å². The molecule has 0 amide bonds. The smallest absolute Gasteiger partial charge is 0.0279 e. The van der Waals surface area contributed by atoms with Crippen LogP contribution in [0.25, 0.3) is 0 Å². The lowest BCUT2D eigenvalue weighted by atomic mass is 10.0. The van der Waals surface area contributed by atoms with Crippen molar-refractivity contribution < 1.29 is 0 Å². The van der Waals surface area contributed by atoms with Gasteiger partial charge in [0.2, 0.25) is 0 Å². The summed E-state index contributed by atoms with van der Waals surface area (Å²) in [7, 11) is 0. The molecule has 140 valence electrons. The van der Waals surface area contributed by atoms with Crippen molar-refractivity contribution in [3.8, 4) is 0 Å². The molecular formula is C24H44. The van der Waals surface area contributed by atoms with E-state index in [-0.39, 0.29) is 0 Å². The fourth-order valence-electron chi connectivity index (χ4n) is 2.91. The van der Waals surface area contributed by atoms with Crippen LogP contribution in [0.2, 0.25) is 0 Å². The molecule has 0 bridgehead atoms. The minimum absolute atomic E-state index is 0.903. The van der Waals surface area contributed by atoms with Crippen molar-refractivity contribution in [2.24, 2.45) is 5.92 Å². The average Bonchev–Trinajstić information content (AvgIpc) is 2.59. The van der Waals surface area contributed by atoms with Gasteiger partial charge in [0.05, 0.1) is 0 Å². The van der Waals surface area contributed by atoms with E-state index in [0.29, 0.717) is 0 Å². The van der Waals surface area contributed by atoms with Gasteiger partial charge in [0.25, 0.3) is 0 Å². The lowest BCUT2D eigenvalue weighted by Crippen LogP contribution is -1.87. The average molecular weight is 333 g/mol. The molecule has 0 nitrogen and oxygen atoms in total. The minimum atomic E-state index is 0.903. The van der Waals surface area contributed by atoms with Crippen LogP contribution in [0.4, 0.5) is 0 Å². The van der Waals surface area contributed by atoms with Crippen molar-refractivity contribution in [1.29, 1.82) is 0 Å². The van der Waals surface area contributed by atoms with E-state index >= 15 is 0 Å². The maximum atomic E-state index is 2.32. The number of hydrogen-bond donors (Lipinski definition) is 0. The highest BCUT2D eigenvalue weighted by Gasteiger charge is 1.94. The molecule has 0 aliphatic carbocycles. The molecule has 0 saturated heterocycles. The van der Waals surface area contributed by atoms with Gasteiger partial charge < -0.3 is 0 Å². The maximum Gasteiger partial charge on any atom is -0.0279 e. The first-order valence-electron chi connectivity index (χ1n) is 10.7. The molecule has 0 heterocycles. The highest BCUT2D eigenvalue weighted by atomic mass is 14.0. The van der Waals surface area contributed by atoms with Crippen molar-refractivity contribution in [2.45, 2.75) is 111 Å². The monoisotopic (exact) mass is 332 g/mol. The Labute approximate surface area is 153 Å². The van der Waals surface area contributed by atoms with Crippen molar-refractivity contribution in [2.75, 3.05) is 0 Å². The van der Waals surface area contributed by atoms with E-state index in [9.17, 15) is 0 Å². The van der Waals surface area contributed by atoms with Crippen LogP contribution in [-0.2, 0) is 6.42 Å². The fourth-order valence-corrected chi connectivity index (χ4v) is 2.91. The van der Waals surface area contributed by atoms with E-state index in [2.05, 4.69) is 58.0 Å². The third-order valence-corrected chi connectivity index (χ3v) is 4.55. The second-order valence-electron chi connectivity index (χ2n) is 7.60. The lowest BCUT2D eigenvalue weighted by molar-refractivity contribution is 0.511. The topological polar surface area (TPSA) is 0 Å². The van der Waals surface area contributed by atoms with Gasteiger partial charge in [-0.25, -0.2) is 0 Å². The van der Waals surface area contributed by atoms with Crippen LogP contribution in [0, 0.1) is 5.92 Å². The second-order valence-corrected chi connectivity index (χ2v) is 7.60. The molecule has 24 heavy (non-hydrogen) atoms. The van der Waals surface area contributed by atoms with E-state index in [1.54, 1.807) is 0 Å². The van der Waals surface area contributed by atoms with E-state index < -0.39 is 0 Å². The minimum Gasteiger partial charge on any atom is -0.0654 e. The van der Waals surface area contributed by atoms with Crippen molar-refractivity contribution >= 4 is 0 Å². The first-order chi connectivity index (χ1) is 11.7. The molecule has 0 saturated carbocycles. The van der Waals surface area contributed by atoms with Gasteiger partial charge in [-0.15, -0.1) is 0 Å². The molecule has 0 spiro atoms. The summed E-state index contributed by atoms with van der Waals surface area (Å²) in [6, 6.07) is 10.7. The zero-order chi connectivity index (χ0) is 17.9. The summed E-state index contributed by atoms with van der Waals surface area (Å²) in [6.07, 6.45) is 18.2. The Hall–Kier alpha value is -0.780. The first kappa shape index (κ1) is 23.2. The Kier molecular flexibility index (Phi) is 18.0.